The molecule has 0 fully saturated rings. The van der Waals surface area contributed by atoms with Gasteiger partial charge < -0.3 is 4.74 Å². The van der Waals surface area contributed by atoms with E-state index in [1.54, 1.807) is 13.2 Å². The molecule has 0 aromatic heterocycles. The van der Waals surface area contributed by atoms with E-state index in [1.165, 1.54) is 5.56 Å². The van der Waals surface area contributed by atoms with Crippen molar-refractivity contribution in [2.75, 3.05) is 7.11 Å². The third kappa shape index (κ3) is 4.47. The minimum absolute atomic E-state index is 0.734. The predicted octanol–water partition coefficient (Wildman–Crippen LogP) is 4.56. The smallest absolute Gasteiger partial charge is 0.143 e. The molecule has 2 nitrogen and oxygen atoms in total. The van der Waals surface area contributed by atoms with Crippen LogP contribution < -0.4 is 4.74 Å². The number of benzene rings is 2. The quantitative estimate of drug-likeness (QED) is 0.577. The molecular weight excluding hydrogens is 284 g/mol. The van der Waals surface area contributed by atoms with E-state index in [0.29, 0.717) is 0 Å². The topological polar surface area (TPSA) is 26.3 Å². The lowest BCUT2D eigenvalue weighted by molar-refractivity contribution is -0.104. The molecule has 0 spiro atoms. The van der Waals surface area contributed by atoms with Gasteiger partial charge in [0.25, 0.3) is 0 Å². The maximum absolute atomic E-state index is 10.8. The Morgan fingerprint density at radius 2 is 1.76 bits per heavy atom. The molecule has 0 saturated heterocycles. The Hall–Kier alpha value is -2.06. The van der Waals surface area contributed by atoms with Gasteiger partial charge in [-0.15, -0.1) is 0 Å². The molecule has 0 bridgehead atoms. The number of carbonyl (C=O) groups excluding carboxylic acids is 1. The molecule has 0 heterocycles. The number of ether oxygens (including phenoxy) is 1. The Morgan fingerprint density at radius 1 is 1.10 bits per heavy atom. The highest BCUT2D eigenvalue weighted by molar-refractivity contribution is 6.30. The molecular formula is C18H17ClO2. The van der Waals surface area contributed by atoms with Crippen LogP contribution in [0.5, 0.6) is 5.75 Å². The van der Waals surface area contributed by atoms with Crippen molar-refractivity contribution in [3.63, 3.8) is 0 Å². The second kappa shape index (κ2) is 7.65. The molecule has 108 valence electrons. The summed E-state index contributed by atoms with van der Waals surface area (Å²) in [5.74, 6) is 0.807. The summed E-state index contributed by atoms with van der Waals surface area (Å²) in [5, 5.41) is 0.734. The van der Waals surface area contributed by atoms with Crippen molar-refractivity contribution in [3.05, 3.63) is 70.8 Å². The molecule has 0 amide bonds. The van der Waals surface area contributed by atoms with Gasteiger partial charge in [-0.05, 0) is 59.9 Å². The third-order valence-electron chi connectivity index (χ3n) is 3.33. The Morgan fingerprint density at radius 3 is 2.33 bits per heavy atom. The number of aldehydes is 1. The van der Waals surface area contributed by atoms with Crippen LogP contribution in [0, 0.1) is 0 Å². The summed E-state index contributed by atoms with van der Waals surface area (Å²) in [4.78, 5) is 10.8. The number of allylic oxidation sites excluding steroid dienone is 2. The second-order valence-electron chi connectivity index (χ2n) is 4.68. The fraction of sp³-hybridized carbons (Fsp3) is 0.167. The van der Waals surface area contributed by atoms with Gasteiger partial charge in [0.15, 0.2) is 0 Å². The predicted molar refractivity (Wildman–Crippen MR) is 86.8 cm³/mol. The fourth-order valence-corrected chi connectivity index (χ4v) is 2.27. The first-order valence-corrected chi connectivity index (χ1v) is 7.14. The van der Waals surface area contributed by atoms with E-state index in [-0.39, 0.29) is 0 Å². The summed E-state index contributed by atoms with van der Waals surface area (Å²) in [6.45, 7) is 0. The van der Waals surface area contributed by atoms with Gasteiger partial charge in [-0.1, -0.05) is 35.9 Å². The summed E-state index contributed by atoms with van der Waals surface area (Å²) in [6.07, 6.45) is 4.12. The first-order valence-electron chi connectivity index (χ1n) is 6.76. The number of rotatable bonds is 6. The summed E-state index contributed by atoms with van der Waals surface area (Å²) in [7, 11) is 1.64. The highest BCUT2D eigenvalue weighted by Crippen LogP contribution is 2.23. The van der Waals surface area contributed by atoms with Crippen LogP contribution in [0.15, 0.2) is 54.6 Å². The first kappa shape index (κ1) is 15.3. The molecule has 2 aromatic rings. The van der Waals surface area contributed by atoms with Crippen LogP contribution in [0.3, 0.4) is 0 Å². The molecule has 0 aliphatic carbocycles. The van der Waals surface area contributed by atoms with E-state index >= 15 is 0 Å². The Bertz CT molecular complexity index is 613. The lowest BCUT2D eigenvalue weighted by Crippen LogP contribution is -1.91. The van der Waals surface area contributed by atoms with E-state index in [1.807, 2.05) is 48.5 Å². The second-order valence-corrected chi connectivity index (χ2v) is 5.12. The lowest BCUT2D eigenvalue weighted by atomic mass is 9.98. The zero-order valence-corrected chi connectivity index (χ0v) is 12.6. The van der Waals surface area contributed by atoms with Gasteiger partial charge in [-0.3, -0.25) is 4.79 Å². The van der Waals surface area contributed by atoms with Crippen molar-refractivity contribution < 1.29 is 9.53 Å². The Kier molecular flexibility index (Phi) is 5.59. The highest BCUT2D eigenvalue weighted by Gasteiger charge is 2.03. The van der Waals surface area contributed by atoms with E-state index in [2.05, 4.69) is 0 Å². The van der Waals surface area contributed by atoms with Crippen molar-refractivity contribution in [1.82, 2.24) is 0 Å². The molecule has 0 saturated carbocycles. The van der Waals surface area contributed by atoms with Gasteiger partial charge in [0.1, 0.15) is 12.0 Å². The molecule has 0 N–H and O–H groups in total. The van der Waals surface area contributed by atoms with Crippen LogP contribution in [0.25, 0.3) is 5.57 Å². The molecule has 0 radical (unpaired) electrons. The van der Waals surface area contributed by atoms with Crippen LogP contribution in [0.4, 0.5) is 0 Å². The average molecular weight is 301 g/mol. The van der Waals surface area contributed by atoms with Gasteiger partial charge in [0, 0.05) is 5.02 Å². The number of methoxy groups -OCH3 is 1. The van der Waals surface area contributed by atoms with Gasteiger partial charge >= 0.3 is 0 Å². The van der Waals surface area contributed by atoms with Crippen molar-refractivity contribution in [2.45, 2.75) is 12.8 Å². The largest absolute Gasteiger partial charge is 0.497 e. The van der Waals surface area contributed by atoms with Crippen LogP contribution in [-0.2, 0) is 11.2 Å². The van der Waals surface area contributed by atoms with Crippen molar-refractivity contribution >= 4 is 23.5 Å². The van der Waals surface area contributed by atoms with Gasteiger partial charge in [-0.2, -0.15) is 0 Å². The van der Waals surface area contributed by atoms with Gasteiger partial charge in [-0.25, -0.2) is 0 Å². The molecule has 2 aromatic carbocycles. The number of hydrogen-bond donors (Lipinski definition) is 0. The maximum Gasteiger partial charge on any atom is 0.143 e. The SMILES string of the molecule is COc1ccc(/C(=C\C=O)CCc2ccc(Cl)cc2)cc1. The molecule has 3 heteroatoms. The standard InChI is InChI=1S/C18H17ClO2/c1-21-18-10-6-15(7-11-18)16(12-13-20)5-2-14-3-8-17(19)9-4-14/h3-4,6-13H,2,5H2,1H3/b16-12-. The summed E-state index contributed by atoms with van der Waals surface area (Å²) >= 11 is 5.88. The minimum Gasteiger partial charge on any atom is -0.497 e. The molecule has 2 rings (SSSR count). The van der Waals surface area contributed by atoms with Crippen molar-refractivity contribution in [2.24, 2.45) is 0 Å². The van der Waals surface area contributed by atoms with Crippen LogP contribution in [0.2, 0.25) is 5.02 Å². The third-order valence-corrected chi connectivity index (χ3v) is 3.58. The molecule has 0 unspecified atom stereocenters. The number of aryl methyl sites for hydroxylation is 1. The van der Waals surface area contributed by atoms with E-state index in [0.717, 1.165) is 41.0 Å². The summed E-state index contributed by atoms with van der Waals surface area (Å²) in [5.41, 5.74) is 3.25. The zero-order chi connectivity index (χ0) is 15.1. The van der Waals surface area contributed by atoms with Crippen LogP contribution in [-0.4, -0.2) is 13.4 Å². The van der Waals surface area contributed by atoms with E-state index < -0.39 is 0 Å². The fourth-order valence-electron chi connectivity index (χ4n) is 2.14. The van der Waals surface area contributed by atoms with Crippen LogP contribution >= 0.6 is 11.6 Å². The van der Waals surface area contributed by atoms with E-state index in [9.17, 15) is 4.79 Å². The van der Waals surface area contributed by atoms with Crippen molar-refractivity contribution in [1.29, 1.82) is 0 Å². The Balaban J connectivity index is 2.10. The molecule has 0 aliphatic rings. The molecule has 0 aliphatic heterocycles. The van der Waals surface area contributed by atoms with Gasteiger partial charge in [0.2, 0.25) is 0 Å². The number of halogens is 1. The zero-order valence-electron chi connectivity index (χ0n) is 11.9. The molecule has 0 atom stereocenters. The summed E-state index contributed by atoms with van der Waals surface area (Å²) in [6, 6.07) is 15.5. The van der Waals surface area contributed by atoms with Crippen molar-refractivity contribution in [3.8, 4) is 5.75 Å². The number of hydrogen-bond acceptors (Lipinski definition) is 2. The molecule has 21 heavy (non-hydrogen) atoms. The first-order chi connectivity index (χ1) is 10.2. The Labute approximate surface area is 130 Å². The maximum atomic E-state index is 10.8. The highest BCUT2D eigenvalue weighted by atomic mass is 35.5. The van der Waals surface area contributed by atoms with E-state index in [4.69, 9.17) is 16.3 Å². The summed E-state index contributed by atoms with van der Waals surface area (Å²) < 4.78 is 5.15. The normalized spacial score (nSPS) is 11.2. The minimum atomic E-state index is 0.734. The number of carbonyl (C=O) groups is 1. The van der Waals surface area contributed by atoms with Gasteiger partial charge in [0.05, 0.1) is 7.11 Å². The van der Waals surface area contributed by atoms with Crippen LogP contribution in [0.1, 0.15) is 17.5 Å². The average Bonchev–Trinajstić information content (AvgIpc) is 2.53. The monoisotopic (exact) mass is 300 g/mol. The lowest BCUT2D eigenvalue weighted by Gasteiger charge is -2.08.